The van der Waals surface area contributed by atoms with Crippen LogP contribution in [-0.4, -0.2) is 11.0 Å². The van der Waals surface area contributed by atoms with Gasteiger partial charge in [0.05, 0.1) is 5.69 Å². The van der Waals surface area contributed by atoms with Gasteiger partial charge in [-0.05, 0) is 18.9 Å². The largest absolute Gasteiger partial charge is 0.381 e. The van der Waals surface area contributed by atoms with Gasteiger partial charge in [-0.15, -0.1) is 12.6 Å². The molecule has 0 aromatic carbocycles. The molecule has 0 atom stereocenters. The third-order valence-corrected chi connectivity index (χ3v) is 3.12. The minimum absolute atomic E-state index is 0.636. The van der Waals surface area contributed by atoms with E-state index in [1.165, 1.54) is 32.1 Å². The van der Waals surface area contributed by atoms with Gasteiger partial charge in [0.25, 0.3) is 0 Å². The Hall–Kier alpha value is -0.700. The van der Waals surface area contributed by atoms with Crippen LogP contribution in [0.15, 0.2) is 23.4 Å². The maximum Gasteiger partial charge on any atom is 0.0509 e. The quantitative estimate of drug-likeness (QED) is 0.730. The summed E-state index contributed by atoms with van der Waals surface area (Å²) in [5.41, 5.74) is 1.12. The number of nitrogens with zero attached hydrogens (tertiary/aromatic N) is 1. The second kappa shape index (κ2) is 4.69. The molecule has 0 bridgehead atoms. The highest BCUT2D eigenvalue weighted by Gasteiger charge is 2.13. The van der Waals surface area contributed by atoms with E-state index >= 15 is 0 Å². The van der Waals surface area contributed by atoms with Gasteiger partial charge in [0.2, 0.25) is 0 Å². The molecule has 76 valence electrons. The Morgan fingerprint density at radius 2 is 2.07 bits per heavy atom. The highest BCUT2D eigenvalue weighted by Crippen LogP contribution is 2.24. The molecule has 1 aromatic heterocycles. The Balaban J connectivity index is 1.99. The normalized spacial score (nSPS) is 18.1. The number of anilines is 1. The summed E-state index contributed by atoms with van der Waals surface area (Å²) < 4.78 is 0. The van der Waals surface area contributed by atoms with Crippen molar-refractivity contribution in [3.05, 3.63) is 18.5 Å². The maximum absolute atomic E-state index is 4.37. The van der Waals surface area contributed by atoms with Gasteiger partial charge in [-0.2, -0.15) is 0 Å². The van der Waals surface area contributed by atoms with Crippen molar-refractivity contribution < 1.29 is 0 Å². The van der Waals surface area contributed by atoms with Crippen molar-refractivity contribution in [1.82, 2.24) is 4.98 Å². The van der Waals surface area contributed by atoms with Crippen molar-refractivity contribution in [2.24, 2.45) is 0 Å². The van der Waals surface area contributed by atoms with Gasteiger partial charge in [0, 0.05) is 23.3 Å². The third kappa shape index (κ3) is 2.41. The molecule has 1 fully saturated rings. The molecule has 14 heavy (non-hydrogen) atoms. The Morgan fingerprint density at radius 3 is 2.79 bits per heavy atom. The second-order valence-electron chi connectivity index (χ2n) is 3.87. The first-order valence-electron chi connectivity index (χ1n) is 5.26. The van der Waals surface area contributed by atoms with E-state index in [2.05, 4.69) is 22.9 Å². The molecule has 1 heterocycles. The van der Waals surface area contributed by atoms with Gasteiger partial charge >= 0.3 is 0 Å². The van der Waals surface area contributed by atoms with Gasteiger partial charge in [-0.3, -0.25) is 4.98 Å². The number of nitrogens with one attached hydrogen (secondary N) is 1. The fourth-order valence-electron chi connectivity index (χ4n) is 1.98. The zero-order valence-electron chi connectivity index (χ0n) is 8.24. The predicted molar refractivity (Wildman–Crippen MR) is 62.0 cm³/mol. The van der Waals surface area contributed by atoms with Gasteiger partial charge in [0.15, 0.2) is 0 Å². The zero-order valence-corrected chi connectivity index (χ0v) is 9.13. The molecule has 0 aliphatic heterocycles. The van der Waals surface area contributed by atoms with Gasteiger partial charge < -0.3 is 5.32 Å². The SMILES string of the molecule is Sc1cnccc1NC1CCCCC1. The number of thiol groups is 1. The molecule has 3 heteroatoms. The summed E-state index contributed by atoms with van der Waals surface area (Å²) in [6, 6.07) is 2.63. The Bertz CT molecular complexity index is 295. The Kier molecular flexibility index (Phi) is 3.30. The molecule has 1 saturated carbocycles. The Morgan fingerprint density at radius 1 is 1.29 bits per heavy atom. The molecular weight excluding hydrogens is 192 g/mol. The summed E-state index contributed by atoms with van der Waals surface area (Å²) in [6.07, 6.45) is 10.3. The molecule has 0 spiro atoms. The lowest BCUT2D eigenvalue weighted by molar-refractivity contribution is 0.462. The number of aromatic nitrogens is 1. The lowest BCUT2D eigenvalue weighted by Crippen LogP contribution is -2.22. The van der Waals surface area contributed by atoms with Crippen LogP contribution in [-0.2, 0) is 0 Å². The first-order chi connectivity index (χ1) is 6.86. The fourth-order valence-corrected chi connectivity index (χ4v) is 2.18. The van der Waals surface area contributed by atoms with Crippen molar-refractivity contribution in [1.29, 1.82) is 0 Å². The highest BCUT2D eigenvalue weighted by molar-refractivity contribution is 7.80. The van der Waals surface area contributed by atoms with Crippen molar-refractivity contribution in [2.75, 3.05) is 5.32 Å². The van der Waals surface area contributed by atoms with Crippen molar-refractivity contribution in [3.8, 4) is 0 Å². The summed E-state index contributed by atoms with van der Waals surface area (Å²) in [5.74, 6) is 0. The van der Waals surface area contributed by atoms with Gasteiger partial charge in [-0.25, -0.2) is 0 Å². The monoisotopic (exact) mass is 208 g/mol. The summed E-state index contributed by atoms with van der Waals surface area (Å²) in [7, 11) is 0. The molecule has 2 rings (SSSR count). The van der Waals surface area contributed by atoms with Crippen molar-refractivity contribution >= 4 is 18.3 Å². The van der Waals surface area contributed by atoms with Crippen LogP contribution in [0, 0.1) is 0 Å². The van der Waals surface area contributed by atoms with Crippen LogP contribution < -0.4 is 5.32 Å². The van der Waals surface area contributed by atoms with Crippen LogP contribution >= 0.6 is 12.6 Å². The van der Waals surface area contributed by atoms with Crippen LogP contribution in [0.5, 0.6) is 0 Å². The molecule has 1 aromatic rings. The standard InChI is InChI=1S/C11H16N2S/c14-11-8-12-7-6-10(11)13-9-4-2-1-3-5-9/h6-9,14H,1-5H2,(H,12,13). The van der Waals surface area contributed by atoms with Crippen LogP contribution in [0.3, 0.4) is 0 Å². The van der Waals surface area contributed by atoms with Crippen LogP contribution in [0.25, 0.3) is 0 Å². The molecule has 1 aliphatic rings. The molecule has 2 nitrogen and oxygen atoms in total. The van der Waals surface area contributed by atoms with Crippen molar-refractivity contribution in [3.63, 3.8) is 0 Å². The number of hydrogen-bond acceptors (Lipinski definition) is 3. The van der Waals surface area contributed by atoms with E-state index in [4.69, 9.17) is 0 Å². The molecule has 0 amide bonds. The lowest BCUT2D eigenvalue weighted by Gasteiger charge is -2.24. The molecular formula is C11H16N2S. The molecule has 1 N–H and O–H groups in total. The highest BCUT2D eigenvalue weighted by atomic mass is 32.1. The first kappa shape index (κ1) is 9.84. The lowest BCUT2D eigenvalue weighted by atomic mass is 9.95. The number of hydrogen-bond donors (Lipinski definition) is 2. The van der Waals surface area contributed by atoms with E-state index in [-0.39, 0.29) is 0 Å². The number of rotatable bonds is 2. The summed E-state index contributed by atoms with van der Waals surface area (Å²) in [6.45, 7) is 0. The van der Waals surface area contributed by atoms with Crippen LogP contribution in [0.2, 0.25) is 0 Å². The zero-order chi connectivity index (χ0) is 9.80. The smallest absolute Gasteiger partial charge is 0.0509 e. The van der Waals surface area contributed by atoms with E-state index in [0.29, 0.717) is 6.04 Å². The summed E-state index contributed by atoms with van der Waals surface area (Å²) in [4.78, 5) is 4.96. The van der Waals surface area contributed by atoms with E-state index in [1.54, 1.807) is 6.20 Å². The molecule has 0 saturated heterocycles. The second-order valence-corrected chi connectivity index (χ2v) is 4.35. The van der Waals surface area contributed by atoms with Crippen molar-refractivity contribution in [2.45, 2.75) is 43.0 Å². The van der Waals surface area contributed by atoms with E-state index in [9.17, 15) is 0 Å². The van der Waals surface area contributed by atoms with E-state index < -0.39 is 0 Å². The minimum atomic E-state index is 0.636. The average molecular weight is 208 g/mol. The van der Waals surface area contributed by atoms with E-state index in [0.717, 1.165) is 10.6 Å². The van der Waals surface area contributed by atoms with Gasteiger partial charge in [0.1, 0.15) is 0 Å². The van der Waals surface area contributed by atoms with E-state index in [1.807, 2.05) is 12.3 Å². The maximum atomic E-state index is 4.37. The molecule has 0 unspecified atom stereocenters. The average Bonchev–Trinajstić information content (AvgIpc) is 2.23. The molecule has 1 aliphatic carbocycles. The predicted octanol–water partition coefficient (Wildman–Crippen LogP) is 3.11. The third-order valence-electron chi connectivity index (χ3n) is 2.76. The fraction of sp³-hybridized carbons (Fsp3) is 0.545. The van der Waals surface area contributed by atoms with Crippen LogP contribution in [0.1, 0.15) is 32.1 Å². The Labute approximate surface area is 90.5 Å². The van der Waals surface area contributed by atoms with Gasteiger partial charge in [-0.1, -0.05) is 19.3 Å². The number of pyridine rings is 1. The summed E-state index contributed by atoms with van der Waals surface area (Å²) >= 11 is 4.37. The topological polar surface area (TPSA) is 24.9 Å². The first-order valence-corrected chi connectivity index (χ1v) is 5.70. The summed E-state index contributed by atoms with van der Waals surface area (Å²) in [5, 5.41) is 3.53. The van der Waals surface area contributed by atoms with Crippen LogP contribution in [0.4, 0.5) is 5.69 Å². The molecule has 0 radical (unpaired) electrons. The minimum Gasteiger partial charge on any atom is -0.381 e.